The number of methoxy groups -OCH3 is 1. The average Bonchev–Trinajstić information content (AvgIpc) is 3.01. The van der Waals surface area contributed by atoms with Crippen LogP contribution in [-0.2, 0) is 16.4 Å². The second kappa shape index (κ2) is 11.8. The molecule has 228 valence electrons. The van der Waals surface area contributed by atoms with Gasteiger partial charge in [-0.3, -0.25) is 4.79 Å². The number of sulfonamides is 1. The lowest BCUT2D eigenvalue weighted by Crippen LogP contribution is -2.40. The molecule has 12 heteroatoms. The highest BCUT2D eigenvalue weighted by Crippen LogP contribution is 2.43. The maximum atomic E-state index is 14.2. The highest BCUT2D eigenvalue weighted by molar-refractivity contribution is 7.89. The molecule has 9 nitrogen and oxygen atoms in total. The minimum absolute atomic E-state index is 0.0359. The first kappa shape index (κ1) is 29.4. The Balaban J connectivity index is 1.49. The summed E-state index contributed by atoms with van der Waals surface area (Å²) in [5, 5.41) is 13.1. The number of nitrogens with zero attached hydrogens (tertiary/aromatic N) is 1. The van der Waals surface area contributed by atoms with E-state index in [1.54, 1.807) is 36.4 Å². The van der Waals surface area contributed by atoms with Gasteiger partial charge in [0.1, 0.15) is 17.2 Å². The van der Waals surface area contributed by atoms with Crippen molar-refractivity contribution < 1.29 is 41.3 Å². The molecule has 3 aliphatic rings. The van der Waals surface area contributed by atoms with Crippen LogP contribution in [0, 0.1) is 11.6 Å². The molecule has 0 radical (unpaired) electrons. The van der Waals surface area contributed by atoms with Crippen LogP contribution in [-0.4, -0.2) is 50.5 Å². The van der Waals surface area contributed by atoms with Crippen molar-refractivity contribution in [2.24, 2.45) is 0 Å². The fourth-order valence-corrected chi connectivity index (χ4v) is 7.05. The Bertz CT molecular complexity index is 1870. The molecule has 3 aliphatic heterocycles. The number of fused-ring (bicyclic) bond motifs is 6. The van der Waals surface area contributed by atoms with Gasteiger partial charge in [0.25, 0.3) is 5.91 Å². The van der Waals surface area contributed by atoms with Crippen LogP contribution in [0.2, 0.25) is 0 Å². The van der Waals surface area contributed by atoms with Crippen LogP contribution in [0.15, 0.2) is 77.7 Å². The van der Waals surface area contributed by atoms with Crippen molar-refractivity contribution >= 4 is 15.9 Å². The summed E-state index contributed by atoms with van der Waals surface area (Å²) in [6.07, 6.45) is 0.718. The molecule has 7 rings (SSSR count). The third-order valence-corrected chi connectivity index (χ3v) is 9.47. The summed E-state index contributed by atoms with van der Waals surface area (Å²) < 4.78 is 74.6. The van der Waals surface area contributed by atoms with E-state index in [1.807, 2.05) is 0 Å². The van der Waals surface area contributed by atoms with E-state index >= 15 is 0 Å². The predicted octanol–water partition coefficient (Wildman–Crippen LogP) is 5.32. The van der Waals surface area contributed by atoms with Gasteiger partial charge in [-0.15, -0.1) is 0 Å². The number of rotatable bonds is 3. The molecule has 4 aromatic carbocycles. The van der Waals surface area contributed by atoms with Crippen molar-refractivity contribution in [3.05, 3.63) is 107 Å². The fraction of sp³-hybridized carbons (Fsp3) is 0.219. The number of nitrogens with one attached hydrogen (secondary N) is 1. The molecule has 0 saturated heterocycles. The van der Waals surface area contributed by atoms with Crippen LogP contribution in [0.4, 0.5) is 8.78 Å². The summed E-state index contributed by atoms with van der Waals surface area (Å²) in [7, 11) is -2.81. The van der Waals surface area contributed by atoms with Crippen molar-refractivity contribution in [1.29, 1.82) is 0 Å². The Labute approximate surface area is 252 Å². The first-order valence-electron chi connectivity index (χ1n) is 13.9. The number of phenols is 1. The van der Waals surface area contributed by atoms with E-state index in [9.17, 15) is 27.1 Å². The summed E-state index contributed by atoms with van der Waals surface area (Å²) in [5.74, 6) is -1.52. The lowest BCUT2D eigenvalue weighted by Gasteiger charge is -2.37. The second-order valence-corrected chi connectivity index (χ2v) is 12.2. The third-order valence-electron chi connectivity index (χ3n) is 7.61. The summed E-state index contributed by atoms with van der Waals surface area (Å²) in [6.45, 7) is 0.475. The number of hydrogen-bond acceptors (Lipinski definition) is 7. The van der Waals surface area contributed by atoms with E-state index < -0.39 is 33.6 Å². The number of hydrogen-bond donors (Lipinski definition) is 2. The Morgan fingerprint density at radius 2 is 1.77 bits per heavy atom. The predicted molar refractivity (Wildman–Crippen MR) is 156 cm³/mol. The molecule has 3 heterocycles. The standard InChI is InChI=1S/C32H28F2N2O7S/c1-41-29-10-3-20-16-30(29)42-14-2-12-35-32(38)25-17-22(5-9-28(25)37)43-21-4-7-24-19(15-21)11-13-36(31(20)24)44(39,40)23-6-8-26(33)27(34)18-23/h3-10,15-18,31,37H,2,11-14H2,1H3,(H,35,38). The number of carbonyl (C=O) groups is 1. The van der Waals surface area contributed by atoms with Crippen LogP contribution >= 0.6 is 0 Å². The average molecular weight is 623 g/mol. The molecular formula is C32H28F2N2O7S. The highest BCUT2D eigenvalue weighted by Gasteiger charge is 2.38. The van der Waals surface area contributed by atoms with E-state index in [0.717, 1.165) is 17.7 Å². The third kappa shape index (κ3) is 5.53. The molecule has 1 unspecified atom stereocenters. The first-order valence-corrected chi connectivity index (χ1v) is 15.3. The number of carbonyl (C=O) groups excluding carboxylic acids is 1. The zero-order chi connectivity index (χ0) is 31.0. The van der Waals surface area contributed by atoms with E-state index in [-0.39, 0.29) is 35.9 Å². The number of ether oxygens (including phenoxy) is 3. The van der Waals surface area contributed by atoms with Crippen LogP contribution in [0.1, 0.15) is 39.5 Å². The van der Waals surface area contributed by atoms with Gasteiger partial charge in [-0.2, -0.15) is 4.31 Å². The van der Waals surface area contributed by atoms with Gasteiger partial charge >= 0.3 is 0 Å². The molecule has 8 bridgehead atoms. The van der Waals surface area contributed by atoms with Crippen LogP contribution in [0.5, 0.6) is 28.7 Å². The smallest absolute Gasteiger partial charge is 0.255 e. The minimum atomic E-state index is -4.30. The van der Waals surface area contributed by atoms with E-state index in [2.05, 4.69) is 5.32 Å². The van der Waals surface area contributed by atoms with Gasteiger partial charge in [-0.05, 0) is 90.2 Å². The monoisotopic (exact) mass is 622 g/mol. The Morgan fingerprint density at radius 3 is 2.57 bits per heavy atom. The Hall–Kier alpha value is -4.68. The number of aromatic hydroxyl groups is 1. The number of amides is 1. The zero-order valence-corrected chi connectivity index (χ0v) is 24.4. The molecule has 44 heavy (non-hydrogen) atoms. The molecular weight excluding hydrogens is 594 g/mol. The van der Waals surface area contributed by atoms with Gasteiger partial charge in [0.15, 0.2) is 23.1 Å². The van der Waals surface area contributed by atoms with Crippen molar-refractivity contribution in [3.8, 4) is 28.7 Å². The quantitative estimate of drug-likeness (QED) is 0.318. The van der Waals surface area contributed by atoms with Crippen molar-refractivity contribution in [3.63, 3.8) is 0 Å². The molecule has 1 atom stereocenters. The number of benzene rings is 4. The van der Waals surface area contributed by atoms with Gasteiger partial charge in [0, 0.05) is 13.1 Å². The topological polar surface area (TPSA) is 114 Å². The molecule has 0 aliphatic carbocycles. The van der Waals surface area contributed by atoms with Gasteiger partial charge in [-0.25, -0.2) is 17.2 Å². The largest absolute Gasteiger partial charge is 0.507 e. The van der Waals surface area contributed by atoms with Crippen LogP contribution in [0.25, 0.3) is 0 Å². The number of halogens is 2. The summed E-state index contributed by atoms with van der Waals surface area (Å²) in [4.78, 5) is 12.4. The molecule has 2 N–H and O–H groups in total. The SMILES string of the molecule is COc1ccc2cc1OCCCNC(=O)c1cc(ccc1O)Oc1ccc3c(c1)CCN(S(=O)(=O)c1ccc(F)c(F)c1)C23. The number of phenolic OH excluding ortho intramolecular Hbond substituents is 1. The van der Waals surface area contributed by atoms with E-state index in [0.29, 0.717) is 53.0 Å². The zero-order valence-electron chi connectivity index (χ0n) is 23.5. The van der Waals surface area contributed by atoms with Crippen LogP contribution < -0.4 is 19.5 Å². The summed E-state index contributed by atoms with van der Waals surface area (Å²) >= 11 is 0. The Morgan fingerprint density at radius 1 is 0.977 bits per heavy atom. The van der Waals surface area contributed by atoms with E-state index in [1.165, 1.54) is 29.6 Å². The molecule has 0 spiro atoms. The lowest BCUT2D eigenvalue weighted by atomic mass is 9.89. The normalized spacial score (nSPS) is 17.1. The second-order valence-electron chi connectivity index (χ2n) is 10.4. The summed E-state index contributed by atoms with van der Waals surface area (Å²) in [5.41, 5.74) is 2.09. The summed E-state index contributed by atoms with van der Waals surface area (Å²) in [6, 6.07) is 16.4. The minimum Gasteiger partial charge on any atom is -0.507 e. The van der Waals surface area contributed by atoms with Crippen molar-refractivity contribution in [2.75, 3.05) is 26.8 Å². The lowest BCUT2D eigenvalue weighted by molar-refractivity contribution is 0.0948. The highest BCUT2D eigenvalue weighted by atomic mass is 32.2. The van der Waals surface area contributed by atoms with Gasteiger partial charge in [-0.1, -0.05) is 12.1 Å². The molecule has 0 saturated carbocycles. The van der Waals surface area contributed by atoms with Gasteiger partial charge in [0.2, 0.25) is 10.0 Å². The molecule has 4 aromatic rings. The maximum absolute atomic E-state index is 14.2. The molecule has 0 fully saturated rings. The Kier molecular flexibility index (Phi) is 7.87. The van der Waals surface area contributed by atoms with Crippen molar-refractivity contribution in [2.45, 2.75) is 23.8 Å². The van der Waals surface area contributed by atoms with Gasteiger partial charge in [0.05, 0.1) is 30.2 Å². The maximum Gasteiger partial charge on any atom is 0.255 e. The van der Waals surface area contributed by atoms with Crippen LogP contribution in [0.3, 0.4) is 0 Å². The molecule has 1 amide bonds. The van der Waals surface area contributed by atoms with Crippen molar-refractivity contribution in [1.82, 2.24) is 9.62 Å². The van der Waals surface area contributed by atoms with E-state index in [4.69, 9.17) is 14.2 Å². The fourth-order valence-electron chi connectivity index (χ4n) is 5.45. The first-order chi connectivity index (χ1) is 21.2. The molecule has 0 aromatic heterocycles. The van der Waals surface area contributed by atoms with Gasteiger partial charge < -0.3 is 24.6 Å².